The van der Waals surface area contributed by atoms with Crippen LogP contribution in [0.3, 0.4) is 0 Å². The molecule has 0 unspecified atom stereocenters. The van der Waals surface area contributed by atoms with E-state index in [1.807, 2.05) is 0 Å². The maximum absolute atomic E-state index is 12.3. The first-order valence-electron chi connectivity index (χ1n) is 6.50. The Morgan fingerprint density at radius 3 is 2.54 bits per heavy atom. The Morgan fingerprint density at radius 2 is 1.96 bits per heavy atom. The van der Waals surface area contributed by atoms with E-state index in [1.165, 1.54) is 31.4 Å². The number of halogens is 1. The number of ether oxygens (including phenoxy) is 1. The molecule has 0 radical (unpaired) electrons. The van der Waals surface area contributed by atoms with Gasteiger partial charge >= 0.3 is 11.7 Å². The first kappa shape index (κ1) is 17.4. The number of carboxylic acid groups (broad SMARTS) is 1. The van der Waals surface area contributed by atoms with Gasteiger partial charge in [-0.25, -0.2) is 4.79 Å². The number of rotatable bonds is 5. The lowest BCUT2D eigenvalue weighted by Crippen LogP contribution is -2.15. The highest BCUT2D eigenvalue weighted by Gasteiger charge is 2.19. The predicted molar refractivity (Wildman–Crippen MR) is 88.7 cm³/mol. The van der Waals surface area contributed by atoms with Crippen molar-refractivity contribution in [3.63, 3.8) is 0 Å². The third kappa shape index (κ3) is 3.69. The molecule has 0 aliphatic heterocycles. The molecule has 0 bridgehead atoms. The van der Waals surface area contributed by atoms with Crippen molar-refractivity contribution in [1.29, 1.82) is 0 Å². The monoisotopic (exact) mass is 394 g/mol. The molecular formula is C15H11BrN2O6. The molecule has 0 atom stereocenters. The molecule has 24 heavy (non-hydrogen) atoms. The number of carbonyl (C=O) groups excluding carboxylic acids is 1. The van der Waals surface area contributed by atoms with E-state index in [0.717, 1.165) is 6.07 Å². The second kappa shape index (κ2) is 7.09. The number of hydrogen-bond donors (Lipinski definition) is 2. The third-order valence-electron chi connectivity index (χ3n) is 3.10. The van der Waals surface area contributed by atoms with Crippen LogP contribution in [-0.4, -0.2) is 29.0 Å². The van der Waals surface area contributed by atoms with Crippen LogP contribution in [0.15, 0.2) is 40.9 Å². The minimum absolute atomic E-state index is 0.0677. The number of carbonyl (C=O) groups is 2. The van der Waals surface area contributed by atoms with E-state index in [0.29, 0.717) is 4.47 Å². The fraction of sp³-hybridized carbons (Fsp3) is 0.0667. The van der Waals surface area contributed by atoms with Crippen LogP contribution < -0.4 is 10.1 Å². The number of methoxy groups -OCH3 is 1. The first-order valence-corrected chi connectivity index (χ1v) is 7.29. The maximum Gasteiger partial charge on any atom is 0.337 e. The van der Waals surface area contributed by atoms with E-state index in [-0.39, 0.29) is 28.3 Å². The first-order chi connectivity index (χ1) is 11.3. The summed E-state index contributed by atoms with van der Waals surface area (Å²) in [4.78, 5) is 33.8. The van der Waals surface area contributed by atoms with Gasteiger partial charge in [-0.1, -0.05) is 15.9 Å². The second-order valence-corrected chi connectivity index (χ2v) is 5.51. The van der Waals surface area contributed by atoms with Crippen molar-refractivity contribution in [3.05, 3.63) is 62.1 Å². The number of nitro benzene ring substituents is 1. The van der Waals surface area contributed by atoms with Crippen LogP contribution in [0.1, 0.15) is 20.7 Å². The number of hydrogen-bond acceptors (Lipinski definition) is 5. The summed E-state index contributed by atoms with van der Waals surface area (Å²) in [7, 11) is 1.25. The van der Waals surface area contributed by atoms with Crippen LogP contribution in [0.5, 0.6) is 5.75 Å². The summed E-state index contributed by atoms with van der Waals surface area (Å²) in [5, 5.41) is 22.5. The Bertz CT molecular complexity index is 837. The van der Waals surface area contributed by atoms with Gasteiger partial charge < -0.3 is 15.2 Å². The molecule has 2 rings (SSSR count). The van der Waals surface area contributed by atoms with Crippen LogP contribution in [0.4, 0.5) is 11.4 Å². The molecule has 9 heteroatoms. The average Bonchev–Trinajstić information content (AvgIpc) is 2.55. The van der Waals surface area contributed by atoms with E-state index in [9.17, 15) is 24.8 Å². The molecule has 0 saturated carbocycles. The molecule has 2 N–H and O–H groups in total. The van der Waals surface area contributed by atoms with Gasteiger partial charge in [-0.05, 0) is 24.3 Å². The van der Waals surface area contributed by atoms with Crippen molar-refractivity contribution in [3.8, 4) is 5.75 Å². The second-order valence-electron chi connectivity index (χ2n) is 4.59. The lowest BCUT2D eigenvalue weighted by atomic mass is 10.1. The number of benzene rings is 2. The number of amides is 1. The van der Waals surface area contributed by atoms with Crippen molar-refractivity contribution in [2.45, 2.75) is 0 Å². The molecule has 8 nitrogen and oxygen atoms in total. The maximum atomic E-state index is 12.3. The average molecular weight is 395 g/mol. The summed E-state index contributed by atoms with van der Waals surface area (Å²) in [6, 6.07) is 8.00. The van der Waals surface area contributed by atoms with Gasteiger partial charge in [0.05, 0.1) is 23.3 Å². The van der Waals surface area contributed by atoms with Gasteiger partial charge in [0.15, 0.2) is 5.75 Å². The topological polar surface area (TPSA) is 119 Å². The summed E-state index contributed by atoms with van der Waals surface area (Å²) >= 11 is 3.16. The molecular weight excluding hydrogens is 384 g/mol. The fourth-order valence-electron chi connectivity index (χ4n) is 1.97. The number of anilines is 1. The molecule has 0 aliphatic carbocycles. The highest BCUT2D eigenvalue weighted by atomic mass is 79.9. The van der Waals surface area contributed by atoms with E-state index >= 15 is 0 Å². The largest absolute Gasteiger partial charge is 0.490 e. The van der Waals surface area contributed by atoms with Gasteiger partial charge in [0, 0.05) is 22.2 Å². The highest BCUT2D eigenvalue weighted by molar-refractivity contribution is 9.10. The molecule has 0 aliphatic rings. The number of carboxylic acids is 1. The number of aromatic carboxylic acids is 1. The zero-order valence-electron chi connectivity index (χ0n) is 12.3. The minimum atomic E-state index is -1.20. The standard InChI is InChI=1S/C15H11BrN2O6/c1-24-13-6-8(2-5-12(13)18(22)23)14(19)17-11-4-3-9(16)7-10(11)15(20)21/h2-7H,1H3,(H,17,19)(H,20,21). The van der Waals surface area contributed by atoms with Crippen LogP contribution >= 0.6 is 15.9 Å². The normalized spacial score (nSPS) is 10.1. The summed E-state index contributed by atoms with van der Waals surface area (Å²) < 4.78 is 5.45. The zero-order chi connectivity index (χ0) is 17.9. The Hall–Kier alpha value is -2.94. The van der Waals surface area contributed by atoms with Crippen molar-refractivity contribution >= 4 is 39.2 Å². The Kier molecular flexibility index (Phi) is 5.14. The van der Waals surface area contributed by atoms with Crippen LogP contribution in [0.2, 0.25) is 0 Å². The third-order valence-corrected chi connectivity index (χ3v) is 3.59. The van der Waals surface area contributed by atoms with Gasteiger partial charge in [-0.15, -0.1) is 0 Å². The van der Waals surface area contributed by atoms with Gasteiger partial charge in [0.25, 0.3) is 5.91 Å². The highest BCUT2D eigenvalue weighted by Crippen LogP contribution is 2.28. The van der Waals surface area contributed by atoms with Crippen molar-refractivity contribution in [2.75, 3.05) is 12.4 Å². The van der Waals surface area contributed by atoms with Gasteiger partial charge in [-0.2, -0.15) is 0 Å². The molecule has 0 fully saturated rings. The Morgan fingerprint density at radius 1 is 1.25 bits per heavy atom. The Balaban J connectivity index is 2.34. The number of nitro groups is 1. The quantitative estimate of drug-likeness (QED) is 0.592. The Labute approximate surface area is 144 Å². The van der Waals surface area contributed by atoms with Crippen LogP contribution in [0, 0.1) is 10.1 Å². The number of nitrogens with one attached hydrogen (secondary N) is 1. The molecule has 124 valence electrons. The molecule has 2 aromatic rings. The number of nitrogens with zero attached hydrogens (tertiary/aromatic N) is 1. The van der Waals surface area contributed by atoms with Crippen molar-refractivity contribution < 1.29 is 24.4 Å². The summed E-state index contributed by atoms with van der Waals surface area (Å²) in [5.74, 6) is -1.89. The van der Waals surface area contributed by atoms with Gasteiger partial charge in [-0.3, -0.25) is 14.9 Å². The predicted octanol–water partition coefficient (Wildman–Crippen LogP) is 3.32. The summed E-state index contributed by atoms with van der Waals surface area (Å²) in [6.45, 7) is 0. The fourth-order valence-corrected chi connectivity index (χ4v) is 2.33. The molecule has 1 amide bonds. The molecule has 0 heterocycles. The van der Waals surface area contributed by atoms with E-state index in [2.05, 4.69) is 21.2 Å². The van der Waals surface area contributed by atoms with Crippen LogP contribution in [0.25, 0.3) is 0 Å². The zero-order valence-corrected chi connectivity index (χ0v) is 13.9. The summed E-state index contributed by atoms with van der Waals surface area (Å²) in [6.07, 6.45) is 0. The summed E-state index contributed by atoms with van der Waals surface area (Å²) in [5.41, 5.74) is -0.166. The SMILES string of the molecule is COc1cc(C(=O)Nc2ccc(Br)cc2C(=O)O)ccc1[N+](=O)[O-]. The minimum Gasteiger partial charge on any atom is -0.490 e. The van der Waals surface area contributed by atoms with Gasteiger partial charge in [0.1, 0.15) is 0 Å². The van der Waals surface area contributed by atoms with E-state index in [1.54, 1.807) is 6.07 Å². The van der Waals surface area contributed by atoms with Crippen LogP contribution in [-0.2, 0) is 0 Å². The van der Waals surface area contributed by atoms with Crippen molar-refractivity contribution in [1.82, 2.24) is 0 Å². The van der Waals surface area contributed by atoms with Crippen molar-refractivity contribution in [2.24, 2.45) is 0 Å². The van der Waals surface area contributed by atoms with Gasteiger partial charge in [0.2, 0.25) is 0 Å². The molecule has 0 aromatic heterocycles. The molecule has 2 aromatic carbocycles. The van der Waals surface area contributed by atoms with E-state index < -0.39 is 16.8 Å². The molecule has 0 spiro atoms. The van der Waals surface area contributed by atoms with E-state index in [4.69, 9.17) is 4.74 Å². The molecule has 0 saturated heterocycles. The lowest BCUT2D eigenvalue weighted by molar-refractivity contribution is -0.385. The lowest BCUT2D eigenvalue weighted by Gasteiger charge is -2.10. The smallest absolute Gasteiger partial charge is 0.337 e.